The van der Waals surface area contributed by atoms with Crippen LogP contribution in [0.15, 0.2) is 25.2 Å². The smallest absolute Gasteiger partial charge is 0.225 e. The van der Waals surface area contributed by atoms with Gasteiger partial charge >= 0.3 is 0 Å². The fourth-order valence-electron chi connectivity index (χ4n) is 2.10. The van der Waals surface area contributed by atoms with Gasteiger partial charge in [-0.1, -0.05) is 20.8 Å². The van der Waals surface area contributed by atoms with Gasteiger partial charge < -0.3 is 9.88 Å². The first-order valence-corrected chi connectivity index (χ1v) is 7.15. The third-order valence-corrected chi connectivity index (χ3v) is 3.18. The van der Waals surface area contributed by atoms with Crippen molar-refractivity contribution in [2.45, 2.75) is 40.4 Å². The molecule has 1 N–H and O–H groups in total. The van der Waals surface area contributed by atoms with E-state index < -0.39 is 0 Å². The first-order chi connectivity index (χ1) is 10.1. The summed E-state index contributed by atoms with van der Waals surface area (Å²) < 4.78 is 3.74. The molecule has 0 aliphatic rings. The van der Waals surface area contributed by atoms with Gasteiger partial charge in [0.15, 0.2) is 0 Å². The Balaban J connectivity index is 1.84. The second-order valence-corrected chi connectivity index (χ2v) is 5.67. The molecule has 1 atom stereocenters. The lowest BCUT2D eigenvalue weighted by Gasteiger charge is -2.14. The molecule has 0 bridgehead atoms. The Labute approximate surface area is 124 Å². The first kappa shape index (κ1) is 15.2. The molecule has 0 unspecified atom stereocenters. The summed E-state index contributed by atoms with van der Waals surface area (Å²) in [5.74, 6) is 0.385. The van der Waals surface area contributed by atoms with Crippen LogP contribution in [0.25, 0.3) is 0 Å². The molecule has 0 aliphatic carbocycles. The standard InChI is InChI=1S/C14H22N6O/c1-11(2)6-19-9-15-4-13(19)5-17-14(21)12(3)7-20-10-16-8-18-20/h4,8-12H,5-7H2,1-3H3,(H,17,21)/t12-/m0/s1. The van der Waals surface area contributed by atoms with Crippen molar-refractivity contribution in [3.05, 3.63) is 30.9 Å². The lowest BCUT2D eigenvalue weighted by atomic mass is 10.1. The van der Waals surface area contributed by atoms with Gasteiger partial charge in [0.2, 0.25) is 5.91 Å². The van der Waals surface area contributed by atoms with Crippen LogP contribution < -0.4 is 5.32 Å². The van der Waals surface area contributed by atoms with Crippen LogP contribution in [-0.2, 0) is 24.4 Å². The number of rotatable bonds is 7. The topological polar surface area (TPSA) is 77.6 Å². The van der Waals surface area contributed by atoms with Crippen LogP contribution in [-0.4, -0.2) is 30.2 Å². The molecule has 114 valence electrons. The fraction of sp³-hybridized carbons (Fsp3) is 0.571. The van der Waals surface area contributed by atoms with Crippen molar-refractivity contribution < 1.29 is 4.79 Å². The number of nitrogens with one attached hydrogen (secondary N) is 1. The second kappa shape index (κ2) is 7.01. The molecular formula is C14H22N6O. The van der Waals surface area contributed by atoms with Crippen molar-refractivity contribution in [3.8, 4) is 0 Å². The third kappa shape index (κ3) is 4.40. The summed E-state index contributed by atoms with van der Waals surface area (Å²) >= 11 is 0. The Kier molecular flexibility index (Phi) is 5.08. The van der Waals surface area contributed by atoms with Gasteiger partial charge in [-0.15, -0.1) is 0 Å². The van der Waals surface area contributed by atoms with Crippen molar-refractivity contribution in [2.75, 3.05) is 0 Å². The number of carbonyl (C=O) groups excluding carboxylic acids is 1. The van der Waals surface area contributed by atoms with Crippen molar-refractivity contribution in [2.24, 2.45) is 11.8 Å². The number of nitrogens with zero attached hydrogens (tertiary/aromatic N) is 5. The zero-order valence-electron chi connectivity index (χ0n) is 12.7. The van der Waals surface area contributed by atoms with Crippen molar-refractivity contribution in [3.63, 3.8) is 0 Å². The van der Waals surface area contributed by atoms with E-state index in [4.69, 9.17) is 0 Å². The minimum Gasteiger partial charge on any atom is -0.350 e. The van der Waals surface area contributed by atoms with Crippen LogP contribution >= 0.6 is 0 Å². The van der Waals surface area contributed by atoms with Gasteiger partial charge in [-0.05, 0) is 5.92 Å². The normalized spacial score (nSPS) is 12.6. The monoisotopic (exact) mass is 290 g/mol. The molecule has 1 amide bonds. The third-order valence-electron chi connectivity index (χ3n) is 3.18. The van der Waals surface area contributed by atoms with E-state index in [0.717, 1.165) is 12.2 Å². The Morgan fingerprint density at radius 2 is 2.05 bits per heavy atom. The molecular weight excluding hydrogens is 268 g/mol. The van der Waals surface area contributed by atoms with Crippen molar-refractivity contribution >= 4 is 5.91 Å². The van der Waals surface area contributed by atoms with Gasteiger partial charge in [-0.3, -0.25) is 9.48 Å². The predicted molar refractivity (Wildman–Crippen MR) is 78.1 cm³/mol. The van der Waals surface area contributed by atoms with Crippen LogP contribution in [0.2, 0.25) is 0 Å². The highest BCUT2D eigenvalue weighted by Crippen LogP contribution is 2.05. The van der Waals surface area contributed by atoms with Gasteiger partial charge in [0.05, 0.1) is 31.0 Å². The Morgan fingerprint density at radius 1 is 1.24 bits per heavy atom. The molecule has 0 saturated carbocycles. The summed E-state index contributed by atoms with van der Waals surface area (Å²) in [7, 11) is 0. The highest BCUT2D eigenvalue weighted by molar-refractivity contribution is 5.78. The van der Waals surface area contributed by atoms with Crippen molar-refractivity contribution in [1.29, 1.82) is 0 Å². The molecule has 7 nitrogen and oxygen atoms in total. The molecule has 0 radical (unpaired) electrons. The van der Waals surface area contributed by atoms with E-state index in [2.05, 4.69) is 38.8 Å². The summed E-state index contributed by atoms with van der Waals surface area (Å²) in [5.41, 5.74) is 1.02. The second-order valence-electron chi connectivity index (χ2n) is 5.67. The van der Waals surface area contributed by atoms with Crippen molar-refractivity contribution in [1.82, 2.24) is 29.6 Å². The molecule has 0 saturated heterocycles. The number of amides is 1. The van der Waals surface area contributed by atoms with E-state index in [-0.39, 0.29) is 11.8 Å². The maximum Gasteiger partial charge on any atom is 0.225 e. The average molecular weight is 290 g/mol. The zero-order valence-corrected chi connectivity index (χ0v) is 12.7. The molecule has 21 heavy (non-hydrogen) atoms. The maximum absolute atomic E-state index is 12.1. The summed E-state index contributed by atoms with van der Waals surface area (Å²) in [5, 5.41) is 6.96. The van der Waals surface area contributed by atoms with Gasteiger partial charge in [-0.2, -0.15) is 5.10 Å². The lowest BCUT2D eigenvalue weighted by molar-refractivity contribution is -0.125. The highest BCUT2D eigenvalue weighted by Gasteiger charge is 2.14. The lowest BCUT2D eigenvalue weighted by Crippen LogP contribution is -2.32. The molecule has 0 aromatic carbocycles. The minimum atomic E-state index is -0.159. The summed E-state index contributed by atoms with van der Waals surface area (Å²) in [6.07, 6.45) is 6.68. The van der Waals surface area contributed by atoms with Crippen LogP contribution in [0.3, 0.4) is 0 Å². The van der Waals surface area contributed by atoms with Crippen LogP contribution in [0.4, 0.5) is 0 Å². The molecule has 0 fully saturated rings. The number of hydrogen-bond donors (Lipinski definition) is 1. The largest absolute Gasteiger partial charge is 0.350 e. The molecule has 7 heteroatoms. The number of carbonyl (C=O) groups is 1. The van der Waals surface area contributed by atoms with Gasteiger partial charge in [0, 0.05) is 12.7 Å². The number of hydrogen-bond acceptors (Lipinski definition) is 4. The van der Waals surface area contributed by atoms with E-state index in [1.54, 1.807) is 23.5 Å². The highest BCUT2D eigenvalue weighted by atomic mass is 16.1. The van der Waals surface area contributed by atoms with Crippen LogP contribution in [0, 0.1) is 11.8 Å². The molecule has 2 rings (SSSR count). The van der Waals surface area contributed by atoms with Gasteiger partial charge in [0.25, 0.3) is 0 Å². The first-order valence-electron chi connectivity index (χ1n) is 7.15. The molecule has 0 spiro atoms. The van der Waals surface area contributed by atoms with E-state index in [9.17, 15) is 4.79 Å². The van der Waals surface area contributed by atoms with E-state index >= 15 is 0 Å². The SMILES string of the molecule is CC(C)Cn1cncc1CNC(=O)[C@@H](C)Cn1cncn1. The minimum absolute atomic E-state index is 0.00259. The Hall–Kier alpha value is -2.18. The molecule has 2 aromatic rings. The van der Waals surface area contributed by atoms with E-state index in [1.807, 2.05) is 6.92 Å². The average Bonchev–Trinajstić information content (AvgIpc) is 3.07. The van der Waals surface area contributed by atoms with Gasteiger partial charge in [-0.25, -0.2) is 9.97 Å². The summed E-state index contributed by atoms with van der Waals surface area (Å²) in [6.45, 7) is 8.11. The quantitative estimate of drug-likeness (QED) is 0.828. The van der Waals surface area contributed by atoms with Gasteiger partial charge in [0.1, 0.15) is 12.7 Å². The predicted octanol–water partition coefficient (Wildman–Crippen LogP) is 1.08. The summed E-state index contributed by atoms with van der Waals surface area (Å²) in [6, 6.07) is 0. The number of aromatic nitrogens is 5. The molecule has 2 heterocycles. The maximum atomic E-state index is 12.1. The van der Waals surface area contributed by atoms with E-state index in [1.165, 1.54) is 6.33 Å². The summed E-state index contributed by atoms with van der Waals surface area (Å²) in [4.78, 5) is 20.1. The zero-order chi connectivity index (χ0) is 15.2. The van der Waals surface area contributed by atoms with Crippen LogP contribution in [0.5, 0.6) is 0 Å². The molecule has 0 aliphatic heterocycles. The molecule has 2 aromatic heterocycles. The fourth-order valence-corrected chi connectivity index (χ4v) is 2.10. The number of imidazole rings is 1. The van der Waals surface area contributed by atoms with Crippen LogP contribution in [0.1, 0.15) is 26.5 Å². The van der Waals surface area contributed by atoms with E-state index in [0.29, 0.717) is 19.0 Å². The Morgan fingerprint density at radius 3 is 2.71 bits per heavy atom. The Bertz CT molecular complexity index is 560.